The molecule has 1 fully saturated rings. The zero-order valence-corrected chi connectivity index (χ0v) is 12.0. The Morgan fingerprint density at radius 1 is 1.09 bits per heavy atom. The van der Waals surface area contributed by atoms with Gasteiger partial charge in [-0.15, -0.1) is 0 Å². The van der Waals surface area contributed by atoms with Crippen LogP contribution in [0, 0.1) is 0 Å². The third-order valence-electron chi connectivity index (χ3n) is 4.77. The van der Waals surface area contributed by atoms with Gasteiger partial charge in [0.1, 0.15) is 0 Å². The summed E-state index contributed by atoms with van der Waals surface area (Å²) in [4.78, 5) is 18.3. The molecule has 3 aromatic rings. The van der Waals surface area contributed by atoms with Crippen molar-refractivity contribution < 1.29 is 4.79 Å². The van der Waals surface area contributed by atoms with Crippen molar-refractivity contribution in [2.75, 3.05) is 0 Å². The highest BCUT2D eigenvalue weighted by Gasteiger charge is 2.41. The van der Waals surface area contributed by atoms with Crippen molar-refractivity contribution in [1.29, 1.82) is 0 Å². The topological polar surface area (TPSA) is 33.2 Å². The van der Waals surface area contributed by atoms with Crippen LogP contribution >= 0.6 is 0 Å². The summed E-state index contributed by atoms with van der Waals surface area (Å²) < 4.78 is 0. The van der Waals surface area contributed by atoms with E-state index >= 15 is 0 Å². The molecule has 1 atom stereocenters. The first-order valence-electron chi connectivity index (χ1n) is 7.61. The number of carbonyl (C=O) groups excluding carboxylic acids is 1. The maximum atomic E-state index is 11.8. The molecule has 1 aromatic heterocycles. The molecule has 0 aliphatic carbocycles. The van der Waals surface area contributed by atoms with Crippen molar-refractivity contribution in [3.05, 3.63) is 60.3 Å². The first-order chi connectivity index (χ1) is 10.8. The number of fused-ring (bicyclic) bond motifs is 4. The molecule has 5 rings (SSSR count). The number of aromatic nitrogens is 1. The number of benzene rings is 2. The average Bonchev–Trinajstić information content (AvgIpc) is 2.91. The smallest absolute Gasteiger partial charge is 0.229 e. The third-order valence-corrected chi connectivity index (χ3v) is 4.77. The second-order valence-corrected chi connectivity index (χ2v) is 6.02. The number of hydrogen-bond donors (Lipinski definition) is 0. The fourth-order valence-corrected chi connectivity index (χ4v) is 3.62. The van der Waals surface area contributed by atoms with E-state index in [9.17, 15) is 4.79 Å². The van der Waals surface area contributed by atoms with Gasteiger partial charge in [0.15, 0.2) is 0 Å². The third kappa shape index (κ3) is 1.51. The molecule has 2 aromatic carbocycles. The molecule has 106 valence electrons. The van der Waals surface area contributed by atoms with Gasteiger partial charge in [-0.2, -0.15) is 0 Å². The predicted molar refractivity (Wildman–Crippen MR) is 87.1 cm³/mol. The Balaban J connectivity index is 1.73. The normalized spacial score (nSPS) is 20.2. The molecule has 0 saturated carbocycles. The highest BCUT2D eigenvalue weighted by molar-refractivity contribution is 6.06. The highest BCUT2D eigenvalue weighted by atomic mass is 16.2. The van der Waals surface area contributed by atoms with E-state index in [1.807, 2.05) is 17.2 Å². The summed E-state index contributed by atoms with van der Waals surface area (Å²) in [5.41, 5.74) is 3.17. The minimum Gasteiger partial charge on any atom is -0.308 e. The Labute approximate surface area is 127 Å². The Morgan fingerprint density at radius 3 is 2.91 bits per heavy atom. The van der Waals surface area contributed by atoms with Crippen molar-refractivity contribution in [3.63, 3.8) is 0 Å². The van der Waals surface area contributed by atoms with Crippen LogP contribution in [0.25, 0.3) is 27.4 Å². The Bertz CT molecular complexity index is 973. The van der Waals surface area contributed by atoms with Gasteiger partial charge in [0, 0.05) is 35.1 Å². The van der Waals surface area contributed by atoms with Crippen LogP contribution in [0.3, 0.4) is 0 Å². The number of hydrogen-bond acceptors (Lipinski definition) is 2. The van der Waals surface area contributed by atoms with Crippen LogP contribution in [0.2, 0.25) is 0 Å². The van der Waals surface area contributed by atoms with Gasteiger partial charge in [-0.05, 0) is 29.5 Å². The van der Waals surface area contributed by atoms with Crippen LogP contribution in [0.5, 0.6) is 0 Å². The molecule has 3 nitrogen and oxygen atoms in total. The lowest BCUT2D eigenvalue weighted by Crippen LogP contribution is -2.47. The molecule has 3 heteroatoms. The number of β-lactam (4-membered cyclic amide) rings is 1. The Kier molecular flexibility index (Phi) is 2.26. The molecule has 3 heterocycles. The van der Waals surface area contributed by atoms with Crippen LogP contribution in [-0.4, -0.2) is 21.8 Å². The van der Waals surface area contributed by atoms with Crippen LogP contribution in [0.1, 0.15) is 18.4 Å². The summed E-state index contributed by atoms with van der Waals surface area (Å²) >= 11 is 0. The summed E-state index contributed by atoms with van der Waals surface area (Å²) in [6.45, 7) is 0. The molecular weight excluding hydrogens is 272 g/mol. The molecule has 0 radical (unpaired) electrons. The molecule has 2 aliphatic rings. The van der Waals surface area contributed by atoms with E-state index in [-0.39, 0.29) is 5.91 Å². The lowest BCUT2D eigenvalue weighted by molar-refractivity contribution is -0.139. The van der Waals surface area contributed by atoms with Crippen molar-refractivity contribution in [1.82, 2.24) is 9.88 Å². The largest absolute Gasteiger partial charge is 0.308 e. The van der Waals surface area contributed by atoms with E-state index < -0.39 is 0 Å². The monoisotopic (exact) mass is 286 g/mol. The molecule has 0 bridgehead atoms. The van der Waals surface area contributed by atoms with Gasteiger partial charge in [-0.25, -0.2) is 0 Å². The fourth-order valence-electron chi connectivity index (χ4n) is 3.62. The van der Waals surface area contributed by atoms with Gasteiger partial charge in [0.05, 0.1) is 5.52 Å². The predicted octanol–water partition coefficient (Wildman–Crippen LogP) is 3.73. The average molecular weight is 286 g/mol. The summed E-state index contributed by atoms with van der Waals surface area (Å²) in [6.07, 6.45) is 5.78. The molecule has 2 aliphatic heterocycles. The minimum absolute atomic E-state index is 0.241. The first-order valence-corrected chi connectivity index (χ1v) is 7.61. The van der Waals surface area contributed by atoms with Crippen molar-refractivity contribution in [2.45, 2.75) is 18.9 Å². The van der Waals surface area contributed by atoms with E-state index in [0.29, 0.717) is 12.5 Å². The number of rotatable bonds is 1. The van der Waals surface area contributed by atoms with Crippen molar-refractivity contribution >= 4 is 33.3 Å². The SMILES string of the molecule is O=C1C[C@H]2CC=C(c3ccc4ncc5ccccc5c4c3)N12. The number of carbonyl (C=O) groups is 1. The Morgan fingerprint density at radius 2 is 2.00 bits per heavy atom. The van der Waals surface area contributed by atoms with E-state index in [1.54, 1.807) is 0 Å². The Hall–Kier alpha value is -2.68. The molecule has 22 heavy (non-hydrogen) atoms. The molecule has 0 N–H and O–H groups in total. The molecular formula is C19H14N2O. The van der Waals surface area contributed by atoms with Crippen molar-refractivity contribution in [2.24, 2.45) is 0 Å². The van der Waals surface area contributed by atoms with E-state index in [1.165, 1.54) is 5.39 Å². The van der Waals surface area contributed by atoms with Gasteiger partial charge in [-0.1, -0.05) is 36.4 Å². The molecule has 0 unspecified atom stereocenters. The molecule has 1 amide bonds. The highest BCUT2D eigenvalue weighted by Crippen LogP contribution is 2.39. The summed E-state index contributed by atoms with van der Waals surface area (Å²) in [5, 5.41) is 3.50. The second kappa shape index (κ2) is 4.17. The fraction of sp³-hybridized carbons (Fsp3) is 0.158. The van der Waals surface area contributed by atoms with Gasteiger partial charge in [0.25, 0.3) is 0 Å². The van der Waals surface area contributed by atoms with Crippen LogP contribution in [-0.2, 0) is 4.79 Å². The number of amides is 1. The zero-order valence-electron chi connectivity index (χ0n) is 12.0. The molecule has 0 spiro atoms. The van der Waals surface area contributed by atoms with E-state index in [4.69, 9.17) is 0 Å². The van der Waals surface area contributed by atoms with Crippen LogP contribution in [0.4, 0.5) is 0 Å². The summed E-state index contributed by atoms with van der Waals surface area (Å²) in [7, 11) is 0. The van der Waals surface area contributed by atoms with E-state index in [2.05, 4.69) is 47.5 Å². The van der Waals surface area contributed by atoms with Crippen molar-refractivity contribution in [3.8, 4) is 0 Å². The van der Waals surface area contributed by atoms with Crippen LogP contribution in [0.15, 0.2) is 54.7 Å². The standard InChI is InChI=1S/C19H14N2O/c22-19-10-14-6-8-18(21(14)19)12-5-7-17-16(9-12)15-4-2-1-3-13(15)11-20-17/h1-5,7-9,11,14H,6,10H2/t14-/m1/s1. The lowest BCUT2D eigenvalue weighted by atomic mass is 10.0. The van der Waals surface area contributed by atoms with Gasteiger partial charge in [-0.3, -0.25) is 9.78 Å². The summed E-state index contributed by atoms with van der Waals surface area (Å²) in [5.74, 6) is 0.241. The van der Waals surface area contributed by atoms with Crippen LogP contribution < -0.4 is 0 Å². The first kappa shape index (κ1) is 11.9. The number of nitrogens with zero attached hydrogens (tertiary/aromatic N) is 2. The maximum absolute atomic E-state index is 11.8. The quantitative estimate of drug-likeness (QED) is 0.504. The van der Waals surface area contributed by atoms with Gasteiger partial charge < -0.3 is 4.90 Å². The second-order valence-electron chi connectivity index (χ2n) is 6.02. The number of pyridine rings is 1. The summed E-state index contributed by atoms with van der Waals surface area (Å²) in [6, 6.07) is 15.0. The zero-order chi connectivity index (χ0) is 14.7. The lowest BCUT2D eigenvalue weighted by Gasteiger charge is -2.37. The maximum Gasteiger partial charge on any atom is 0.229 e. The molecule has 1 saturated heterocycles. The minimum atomic E-state index is 0.241. The van der Waals surface area contributed by atoms with E-state index in [0.717, 1.165) is 34.0 Å². The van der Waals surface area contributed by atoms with Gasteiger partial charge in [0.2, 0.25) is 5.91 Å². The van der Waals surface area contributed by atoms with Gasteiger partial charge >= 0.3 is 0 Å².